The highest BCUT2D eigenvalue weighted by Gasteiger charge is 2.24. The van der Waals surface area contributed by atoms with Crippen LogP contribution in [0.2, 0.25) is 0 Å². The molecular formula is C27H41N5. The maximum absolute atomic E-state index is 4.85. The molecule has 5 nitrogen and oxygen atoms in total. The first-order valence-electron chi connectivity index (χ1n) is 12.7. The molecule has 2 aromatic rings. The van der Waals surface area contributed by atoms with E-state index in [-0.39, 0.29) is 0 Å². The second kappa shape index (κ2) is 11.1. The minimum Gasteiger partial charge on any atom is -0.356 e. The molecule has 0 aliphatic carbocycles. The first kappa shape index (κ1) is 23.0. The van der Waals surface area contributed by atoms with Crippen molar-refractivity contribution in [1.29, 1.82) is 0 Å². The molecular weight excluding hydrogens is 394 g/mol. The van der Waals surface area contributed by atoms with E-state index in [0.29, 0.717) is 17.9 Å². The molecule has 2 unspecified atom stereocenters. The van der Waals surface area contributed by atoms with Crippen LogP contribution in [0.3, 0.4) is 0 Å². The molecule has 2 saturated heterocycles. The maximum Gasteiger partial charge on any atom is 0.224 e. The third kappa shape index (κ3) is 6.44. The summed E-state index contributed by atoms with van der Waals surface area (Å²) >= 11 is 0. The molecule has 1 N–H and O–H groups in total. The number of hydrogen-bond donors (Lipinski definition) is 1. The molecule has 5 heteroatoms. The van der Waals surface area contributed by atoms with Gasteiger partial charge < -0.3 is 15.1 Å². The van der Waals surface area contributed by atoms with Gasteiger partial charge in [0, 0.05) is 45.0 Å². The second-order valence-corrected chi connectivity index (χ2v) is 10.2. The van der Waals surface area contributed by atoms with E-state index >= 15 is 0 Å². The van der Waals surface area contributed by atoms with Gasteiger partial charge in [-0.05, 0) is 54.7 Å². The number of rotatable bonds is 8. The molecule has 174 valence electrons. The summed E-state index contributed by atoms with van der Waals surface area (Å²) in [6, 6.07) is 11.7. The molecule has 2 aliphatic rings. The fourth-order valence-corrected chi connectivity index (χ4v) is 5.14. The van der Waals surface area contributed by atoms with Crippen molar-refractivity contribution in [2.45, 2.75) is 71.3 Å². The Labute approximate surface area is 194 Å². The van der Waals surface area contributed by atoms with Crippen LogP contribution in [0.15, 0.2) is 36.5 Å². The van der Waals surface area contributed by atoms with Gasteiger partial charge in [0.05, 0.1) is 0 Å². The average Bonchev–Trinajstić information content (AvgIpc) is 3.04. The Bertz CT molecular complexity index is 826. The van der Waals surface area contributed by atoms with Gasteiger partial charge in [-0.25, -0.2) is 4.98 Å². The highest BCUT2D eigenvalue weighted by atomic mass is 15.3. The van der Waals surface area contributed by atoms with E-state index in [4.69, 9.17) is 4.98 Å². The number of likely N-dealkylation sites (tertiary alicyclic amines) is 1. The smallest absolute Gasteiger partial charge is 0.224 e. The molecule has 1 aromatic heterocycles. The zero-order chi connectivity index (χ0) is 22.3. The lowest BCUT2D eigenvalue weighted by Gasteiger charge is -2.23. The minimum absolute atomic E-state index is 0.437. The van der Waals surface area contributed by atoms with E-state index < -0.39 is 0 Å². The summed E-state index contributed by atoms with van der Waals surface area (Å²) in [5.41, 5.74) is 2.88. The van der Waals surface area contributed by atoms with E-state index in [0.717, 1.165) is 57.3 Å². The number of aromatic nitrogens is 2. The van der Waals surface area contributed by atoms with Crippen LogP contribution in [0.25, 0.3) is 0 Å². The van der Waals surface area contributed by atoms with Crippen molar-refractivity contribution in [3.05, 3.63) is 47.7 Å². The van der Waals surface area contributed by atoms with Gasteiger partial charge >= 0.3 is 0 Å². The largest absolute Gasteiger partial charge is 0.356 e. The summed E-state index contributed by atoms with van der Waals surface area (Å²) in [6.45, 7) is 12.5. The molecule has 0 saturated carbocycles. The van der Waals surface area contributed by atoms with E-state index in [1.807, 2.05) is 6.20 Å². The van der Waals surface area contributed by atoms with Crippen LogP contribution in [0.1, 0.15) is 69.9 Å². The van der Waals surface area contributed by atoms with E-state index in [1.165, 1.54) is 36.8 Å². The van der Waals surface area contributed by atoms with Gasteiger partial charge in [-0.1, -0.05) is 57.9 Å². The Morgan fingerprint density at radius 1 is 0.969 bits per heavy atom. The first-order chi connectivity index (χ1) is 15.6. The van der Waals surface area contributed by atoms with Gasteiger partial charge in [-0.15, -0.1) is 0 Å². The lowest BCUT2D eigenvalue weighted by atomic mass is 9.97. The van der Waals surface area contributed by atoms with Crippen molar-refractivity contribution < 1.29 is 0 Å². The second-order valence-electron chi connectivity index (χ2n) is 10.2. The van der Waals surface area contributed by atoms with Gasteiger partial charge in [0.15, 0.2) is 0 Å². The highest BCUT2D eigenvalue weighted by molar-refractivity contribution is 5.43. The lowest BCUT2D eigenvalue weighted by molar-refractivity contribution is 0.285. The standard InChI is InChI=1S/C27H41N5/c1-21(2)24-10-8-23(9-11-24)18-22(3)19-31-17-13-25(20-31)29-27-28-14-12-26(30-27)32-15-6-4-5-7-16-32/h8-12,14,21-22,25H,4-7,13,15-20H2,1-3H3,(H,28,29,30). The van der Waals surface area contributed by atoms with Crippen molar-refractivity contribution in [3.63, 3.8) is 0 Å². The Balaban J connectivity index is 1.25. The van der Waals surface area contributed by atoms with Gasteiger partial charge in [-0.2, -0.15) is 4.98 Å². The van der Waals surface area contributed by atoms with Gasteiger partial charge in [0.2, 0.25) is 5.95 Å². The summed E-state index contributed by atoms with van der Waals surface area (Å²) in [5.74, 6) is 3.12. The molecule has 0 radical (unpaired) electrons. The van der Waals surface area contributed by atoms with Crippen molar-refractivity contribution >= 4 is 11.8 Å². The van der Waals surface area contributed by atoms with Crippen LogP contribution in [0.4, 0.5) is 11.8 Å². The van der Waals surface area contributed by atoms with E-state index in [9.17, 15) is 0 Å². The van der Waals surface area contributed by atoms with Crippen LogP contribution >= 0.6 is 0 Å². The Morgan fingerprint density at radius 3 is 2.44 bits per heavy atom. The summed E-state index contributed by atoms with van der Waals surface area (Å²) < 4.78 is 0. The van der Waals surface area contributed by atoms with Gasteiger partial charge in [0.25, 0.3) is 0 Å². The predicted molar refractivity (Wildman–Crippen MR) is 135 cm³/mol. The predicted octanol–water partition coefficient (Wildman–Crippen LogP) is 5.35. The maximum atomic E-state index is 4.85. The molecule has 3 heterocycles. The van der Waals surface area contributed by atoms with Crippen molar-refractivity contribution in [3.8, 4) is 0 Å². The molecule has 4 rings (SSSR count). The Hall–Kier alpha value is -2.14. The number of benzene rings is 1. The summed E-state index contributed by atoms with van der Waals surface area (Å²) in [6.07, 6.45) is 9.43. The fraction of sp³-hybridized carbons (Fsp3) is 0.630. The molecule has 2 fully saturated rings. The fourth-order valence-electron chi connectivity index (χ4n) is 5.14. The van der Waals surface area contributed by atoms with E-state index in [1.54, 1.807) is 0 Å². The first-order valence-corrected chi connectivity index (χ1v) is 12.7. The van der Waals surface area contributed by atoms with Crippen LogP contribution < -0.4 is 10.2 Å². The van der Waals surface area contributed by atoms with Crippen LogP contribution in [0, 0.1) is 5.92 Å². The lowest BCUT2D eigenvalue weighted by Crippen LogP contribution is -2.31. The summed E-state index contributed by atoms with van der Waals surface area (Å²) in [4.78, 5) is 14.4. The van der Waals surface area contributed by atoms with Crippen LogP contribution in [0.5, 0.6) is 0 Å². The minimum atomic E-state index is 0.437. The average molecular weight is 436 g/mol. The number of hydrogen-bond acceptors (Lipinski definition) is 5. The van der Waals surface area contributed by atoms with E-state index in [2.05, 4.69) is 71.2 Å². The summed E-state index contributed by atoms with van der Waals surface area (Å²) in [5, 5.41) is 3.62. The Morgan fingerprint density at radius 2 is 1.72 bits per heavy atom. The molecule has 0 bridgehead atoms. The molecule has 2 atom stereocenters. The third-order valence-corrected chi connectivity index (χ3v) is 6.98. The molecule has 0 spiro atoms. The molecule has 1 aromatic carbocycles. The van der Waals surface area contributed by atoms with Crippen molar-refractivity contribution in [2.75, 3.05) is 42.9 Å². The molecule has 2 aliphatic heterocycles. The van der Waals surface area contributed by atoms with Gasteiger partial charge in [-0.3, -0.25) is 0 Å². The molecule has 0 amide bonds. The third-order valence-electron chi connectivity index (χ3n) is 6.98. The topological polar surface area (TPSA) is 44.3 Å². The number of nitrogens with zero attached hydrogens (tertiary/aromatic N) is 4. The zero-order valence-electron chi connectivity index (χ0n) is 20.3. The quantitative estimate of drug-likeness (QED) is 0.606. The van der Waals surface area contributed by atoms with Gasteiger partial charge in [0.1, 0.15) is 5.82 Å². The number of anilines is 2. The Kier molecular flexibility index (Phi) is 8.01. The van der Waals surface area contributed by atoms with Crippen LogP contribution in [-0.4, -0.2) is 53.6 Å². The van der Waals surface area contributed by atoms with Crippen molar-refractivity contribution in [1.82, 2.24) is 14.9 Å². The number of nitrogens with one attached hydrogen (secondary N) is 1. The zero-order valence-corrected chi connectivity index (χ0v) is 20.3. The monoisotopic (exact) mass is 435 g/mol. The highest BCUT2D eigenvalue weighted by Crippen LogP contribution is 2.21. The van der Waals surface area contributed by atoms with Crippen LogP contribution in [-0.2, 0) is 6.42 Å². The molecule has 32 heavy (non-hydrogen) atoms. The SMILES string of the molecule is CC(Cc1ccc(C(C)C)cc1)CN1CCC(Nc2nccc(N3CCCCCC3)n2)C1. The normalized spacial score (nSPS) is 21.0. The summed E-state index contributed by atoms with van der Waals surface area (Å²) in [7, 11) is 0. The van der Waals surface area contributed by atoms with Crippen molar-refractivity contribution in [2.24, 2.45) is 5.92 Å².